The molecule has 1 atom stereocenters. The maximum Gasteiger partial charge on any atom is 0.228 e. The number of nitrogens with one attached hydrogen (secondary N) is 2. The van der Waals surface area contributed by atoms with Crippen molar-refractivity contribution in [3.05, 3.63) is 29.3 Å². The molecule has 2 heterocycles. The fourth-order valence-electron chi connectivity index (χ4n) is 2.63. The fourth-order valence-corrected chi connectivity index (χ4v) is 2.63. The SMILES string of the molecule is CC1(C)COCC(c2ccc3c(c2)CC(=O)N3)N1. The summed E-state index contributed by atoms with van der Waals surface area (Å²) < 4.78 is 5.65. The Hall–Kier alpha value is -1.39. The van der Waals surface area contributed by atoms with E-state index in [9.17, 15) is 4.79 Å². The van der Waals surface area contributed by atoms with Crippen LogP contribution < -0.4 is 10.6 Å². The van der Waals surface area contributed by atoms with Crippen LogP contribution in [-0.4, -0.2) is 24.7 Å². The van der Waals surface area contributed by atoms with E-state index < -0.39 is 0 Å². The zero-order valence-corrected chi connectivity index (χ0v) is 10.7. The molecular formula is C14H18N2O2. The molecule has 1 aromatic rings. The Labute approximate surface area is 107 Å². The number of rotatable bonds is 1. The van der Waals surface area contributed by atoms with Gasteiger partial charge in [-0.25, -0.2) is 0 Å². The highest BCUT2D eigenvalue weighted by atomic mass is 16.5. The van der Waals surface area contributed by atoms with Crippen molar-refractivity contribution in [1.82, 2.24) is 5.32 Å². The van der Waals surface area contributed by atoms with Gasteiger partial charge < -0.3 is 15.4 Å². The average molecular weight is 246 g/mol. The Bertz CT molecular complexity index is 497. The maximum atomic E-state index is 11.3. The summed E-state index contributed by atoms with van der Waals surface area (Å²) in [6, 6.07) is 6.36. The van der Waals surface area contributed by atoms with Gasteiger partial charge in [-0.05, 0) is 31.0 Å². The first-order valence-electron chi connectivity index (χ1n) is 6.32. The van der Waals surface area contributed by atoms with Gasteiger partial charge in [0.25, 0.3) is 0 Å². The standard InChI is InChI=1S/C14H18N2O2/c1-14(2)8-18-7-12(16-14)9-3-4-11-10(5-9)6-13(17)15-11/h3-5,12,16H,6-8H2,1-2H3,(H,15,17). The zero-order valence-electron chi connectivity index (χ0n) is 10.7. The van der Waals surface area contributed by atoms with Gasteiger partial charge in [-0.3, -0.25) is 4.79 Å². The Morgan fingerprint density at radius 1 is 1.39 bits per heavy atom. The van der Waals surface area contributed by atoms with Gasteiger partial charge in [0.15, 0.2) is 0 Å². The Morgan fingerprint density at radius 3 is 3.00 bits per heavy atom. The van der Waals surface area contributed by atoms with Crippen molar-refractivity contribution in [2.75, 3.05) is 18.5 Å². The topological polar surface area (TPSA) is 50.4 Å². The molecule has 0 aliphatic carbocycles. The molecule has 0 saturated carbocycles. The summed E-state index contributed by atoms with van der Waals surface area (Å²) in [4.78, 5) is 11.3. The maximum absolute atomic E-state index is 11.3. The molecule has 0 aromatic heterocycles. The molecule has 0 radical (unpaired) electrons. The molecule has 4 nitrogen and oxygen atoms in total. The normalized spacial score (nSPS) is 25.7. The number of ether oxygens (including phenoxy) is 1. The lowest BCUT2D eigenvalue weighted by atomic mass is 9.97. The molecule has 3 rings (SSSR count). The monoisotopic (exact) mass is 246 g/mol. The molecule has 18 heavy (non-hydrogen) atoms. The minimum absolute atomic E-state index is 0.00397. The van der Waals surface area contributed by atoms with E-state index in [1.807, 2.05) is 6.07 Å². The number of benzene rings is 1. The Morgan fingerprint density at radius 2 is 2.22 bits per heavy atom. The van der Waals surface area contributed by atoms with Crippen LogP contribution in [0.1, 0.15) is 31.0 Å². The van der Waals surface area contributed by atoms with E-state index in [-0.39, 0.29) is 17.5 Å². The van der Waals surface area contributed by atoms with Gasteiger partial charge in [0.05, 0.1) is 25.7 Å². The first kappa shape index (κ1) is 11.7. The van der Waals surface area contributed by atoms with Gasteiger partial charge in [-0.2, -0.15) is 0 Å². The third kappa shape index (κ3) is 2.13. The number of amides is 1. The van der Waals surface area contributed by atoms with E-state index in [4.69, 9.17) is 4.74 Å². The van der Waals surface area contributed by atoms with Crippen LogP contribution in [0.25, 0.3) is 0 Å². The van der Waals surface area contributed by atoms with E-state index in [0.717, 1.165) is 17.9 Å². The van der Waals surface area contributed by atoms with Crippen LogP contribution in [0.2, 0.25) is 0 Å². The summed E-state index contributed by atoms with van der Waals surface area (Å²) in [5.41, 5.74) is 3.22. The number of carbonyl (C=O) groups is 1. The summed E-state index contributed by atoms with van der Waals surface area (Å²) in [6.07, 6.45) is 0.486. The van der Waals surface area contributed by atoms with Crippen molar-refractivity contribution in [3.63, 3.8) is 0 Å². The Kier molecular flexibility index (Phi) is 2.64. The number of anilines is 1. The number of hydrogen-bond donors (Lipinski definition) is 2. The summed E-state index contributed by atoms with van der Waals surface area (Å²) in [5.74, 6) is 0.0790. The average Bonchev–Trinajstić information content (AvgIpc) is 2.66. The van der Waals surface area contributed by atoms with E-state index in [0.29, 0.717) is 13.0 Å². The molecule has 0 bridgehead atoms. The molecule has 0 spiro atoms. The number of fused-ring (bicyclic) bond motifs is 1. The lowest BCUT2D eigenvalue weighted by Gasteiger charge is -2.37. The van der Waals surface area contributed by atoms with Gasteiger partial charge in [-0.15, -0.1) is 0 Å². The van der Waals surface area contributed by atoms with E-state index in [1.54, 1.807) is 0 Å². The van der Waals surface area contributed by atoms with E-state index >= 15 is 0 Å². The molecule has 1 saturated heterocycles. The largest absolute Gasteiger partial charge is 0.378 e. The van der Waals surface area contributed by atoms with Crippen LogP contribution in [0.5, 0.6) is 0 Å². The van der Waals surface area contributed by atoms with Gasteiger partial charge in [0.1, 0.15) is 0 Å². The molecular weight excluding hydrogens is 228 g/mol. The molecule has 1 amide bonds. The summed E-state index contributed by atoms with van der Waals surface area (Å²) in [5, 5.41) is 6.43. The van der Waals surface area contributed by atoms with Gasteiger partial charge >= 0.3 is 0 Å². The van der Waals surface area contributed by atoms with Crippen LogP contribution in [0.4, 0.5) is 5.69 Å². The van der Waals surface area contributed by atoms with Gasteiger partial charge in [-0.1, -0.05) is 12.1 Å². The molecule has 2 N–H and O–H groups in total. The van der Waals surface area contributed by atoms with Crippen molar-refractivity contribution in [2.24, 2.45) is 0 Å². The highest BCUT2D eigenvalue weighted by Gasteiger charge is 2.29. The molecule has 96 valence electrons. The second-order valence-electron chi connectivity index (χ2n) is 5.74. The zero-order chi connectivity index (χ0) is 12.8. The smallest absolute Gasteiger partial charge is 0.228 e. The molecule has 2 aliphatic heterocycles. The molecule has 4 heteroatoms. The Balaban J connectivity index is 1.85. The molecule has 1 fully saturated rings. The predicted octanol–water partition coefficient (Wildman–Crippen LogP) is 1.62. The molecule has 1 aromatic carbocycles. The van der Waals surface area contributed by atoms with Crippen LogP contribution in [0.3, 0.4) is 0 Å². The number of carbonyl (C=O) groups excluding carboxylic acids is 1. The summed E-state index contributed by atoms with van der Waals surface area (Å²) >= 11 is 0. The van der Waals surface area contributed by atoms with Crippen molar-refractivity contribution in [1.29, 1.82) is 0 Å². The quantitative estimate of drug-likeness (QED) is 0.791. The van der Waals surface area contributed by atoms with Crippen molar-refractivity contribution < 1.29 is 9.53 Å². The second kappa shape index (κ2) is 4.07. The third-order valence-corrected chi connectivity index (χ3v) is 3.47. The fraction of sp³-hybridized carbons (Fsp3) is 0.500. The number of morpholine rings is 1. The molecule has 1 unspecified atom stereocenters. The van der Waals surface area contributed by atoms with Crippen LogP contribution in [0.15, 0.2) is 18.2 Å². The van der Waals surface area contributed by atoms with Gasteiger partial charge in [0.2, 0.25) is 5.91 Å². The highest BCUT2D eigenvalue weighted by molar-refractivity contribution is 5.99. The van der Waals surface area contributed by atoms with E-state index in [1.165, 1.54) is 5.56 Å². The second-order valence-corrected chi connectivity index (χ2v) is 5.74. The van der Waals surface area contributed by atoms with E-state index in [2.05, 4.69) is 36.6 Å². The minimum atomic E-state index is -0.00397. The number of hydrogen-bond acceptors (Lipinski definition) is 3. The predicted molar refractivity (Wildman–Crippen MR) is 69.6 cm³/mol. The summed E-state index contributed by atoms with van der Waals surface area (Å²) in [7, 11) is 0. The van der Waals surface area contributed by atoms with Crippen LogP contribution in [-0.2, 0) is 16.0 Å². The molecule has 2 aliphatic rings. The van der Waals surface area contributed by atoms with Gasteiger partial charge in [0, 0.05) is 11.2 Å². The lowest BCUT2D eigenvalue weighted by molar-refractivity contribution is -0.115. The highest BCUT2D eigenvalue weighted by Crippen LogP contribution is 2.29. The van der Waals surface area contributed by atoms with Crippen LogP contribution in [0, 0.1) is 0 Å². The lowest BCUT2D eigenvalue weighted by Crippen LogP contribution is -2.51. The first-order valence-corrected chi connectivity index (χ1v) is 6.32. The summed E-state index contributed by atoms with van der Waals surface area (Å²) in [6.45, 7) is 5.69. The third-order valence-electron chi connectivity index (χ3n) is 3.47. The first-order chi connectivity index (χ1) is 8.53. The minimum Gasteiger partial charge on any atom is -0.378 e. The van der Waals surface area contributed by atoms with Crippen molar-refractivity contribution in [2.45, 2.75) is 31.8 Å². The van der Waals surface area contributed by atoms with Crippen molar-refractivity contribution in [3.8, 4) is 0 Å². The van der Waals surface area contributed by atoms with Crippen LogP contribution >= 0.6 is 0 Å². The van der Waals surface area contributed by atoms with Crippen molar-refractivity contribution >= 4 is 11.6 Å².